The van der Waals surface area contributed by atoms with Gasteiger partial charge in [0, 0.05) is 38.3 Å². The lowest BCUT2D eigenvalue weighted by atomic mass is 9.81. The van der Waals surface area contributed by atoms with E-state index in [1.807, 2.05) is 12.1 Å². The molecule has 0 spiro atoms. The Kier molecular flexibility index (Phi) is 4.89. The Balaban J connectivity index is 2.04. The zero-order valence-electron chi connectivity index (χ0n) is 13.6. The van der Waals surface area contributed by atoms with E-state index < -0.39 is 0 Å². The van der Waals surface area contributed by atoms with Crippen molar-refractivity contribution in [2.75, 3.05) is 31.1 Å². The Hall–Kier alpha value is -1.13. The maximum absolute atomic E-state index is 13.9. The largest absolute Gasteiger partial charge is 0.367 e. The molecule has 0 bridgehead atoms. The molecule has 2 atom stereocenters. The van der Waals surface area contributed by atoms with Gasteiger partial charge in [-0.2, -0.15) is 0 Å². The van der Waals surface area contributed by atoms with Crippen molar-refractivity contribution >= 4 is 5.69 Å². The summed E-state index contributed by atoms with van der Waals surface area (Å²) in [7, 11) is 0. The number of para-hydroxylation sites is 1. The second-order valence-electron chi connectivity index (χ2n) is 7.14. The van der Waals surface area contributed by atoms with E-state index in [9.17, 15) is 4.39 Å². The third-order valence-corrected chi connectivity index (χ3v) is 4.29. The molecule has 2 unspecified atom stereocenters. The first-order valence-corrected chi connectivity index (χ1v) is 7.80. The Bertz CT molecular complexity index is 459. The van der Waals surface area contributed by atoms with Gasteiger partial charge >= 0.3 is 0 Å². The highest BCUT2D eigenvalue weighted by Gasteiger charge is 2.35. The van der Waals surface area contributed by atoms with Gasteiger partial charge in [0.1, 0.15) is 5.82 Å². The molecule has 0 aromatic heterocycles. The van der Waals surface area contributed by atoms with Crippen LogP contribution in [0.15, 0.2) is 24.3 Å². The SMILES string of the molecule is CC(N)C(N1CCN(c2ccccc2F)CC1)C(C)(C)C. The summed E-state index contributed by atoms with van der Waals surface area (Å²) in [6.45, 7) is 12.4. The van der Waals surface area contributed by atoms with Gasteiger partial charge in [-0.25, -0.2) is 4.39 Å². The number of nitrogens with two attached hydrogens (primary N) is 1. The van der Waals surface area contributed by atoms with E-state index in [1.54, 1.807) is 6.07 Å². The van der Waals surface area contributed by atoms with Crippen molar-refractivity contribution in [2.45, 2.75) is 39.8 Å². The minimum absolute atomic E-state index is 0.130. The van der Waals surface area contributed by atoms with Crippen LogP contribution in [-0.2, 0) is 0 Å². The summed E-state index contributed by atoms with van der Waals surface area (Å²) < 4.78 is 13.9. The molecule has 0 amide bonds. The zero-order valence-corrected chi connectivity index (χ0v) is 13.6. The molecule has 3 nitrogen and oxygen atoms in total. The first-order chi connectivity index (χ1) is 9.80. The summed E-state index contributed by atoms with van der Waals surface area (Å²) in [4.78, 5) is 4.59. The van der Waals surface area contributed by atoms with Gasteiger partial charge in [0.15, 0.2) is 0 Å². The highest BCUT2D eigenvalue weighted by molar-refractivity contribution is 5.48. The molecular weight excluding hydrogens is 265 g/mol. The van der Waals surface area contributed by atoms with E-state index in [4.69, 9.17) is 5.73 Å². The Morgan fingerprint density at radius 2 is 1.67 bits per heavy atom. The van der Waals surface area contributed by atoms with Crippen LogP contribution in [0.25, 0.3) is 0 Å². The average molecular weight is 293 g/mol. The number of benzene rings is 1. The van der Waals surface area contributed by atoms with Crippen LogP contribution >= 0.6 is 0 Å². The van der Waals surface area contributed by atoms with Crippen LogP contribution in [0.4, 0.5) is 10.1 Å². The zero-order chi connectivity index (χ0) is 15.6. The number of rotatable bonds is 3. The molecule has 1 aliphatic rings. The van der Waals surface area contributed by atoms with Crippen LogP contribution in [0, 0.1) is 11.2 Å². The average Bonchev–Trinajstić information content (AvgIpc) is 2.38. The van der Waals surface area contributed by atoms with Gasteiger partial charge < -0.3 is 10.6 Å². The highest BCUT2D eigenvalue weighted by Crippen LogP contribution is 2.28. The molecule has 0 radical (unpaired) electrons. The number of hydrogen-bond donors (Lipinski definition) is 1. The van der Waals surface area contributed by atoms with Gasteiger partial charge in [-0.05, 0) is 24.5 Å². The van der Waals surface area contributed by atoms with Crippen molar-refractivity contribution in [3.63, 3.8) is 0 Å². The van der Waals surface area contributed by atoms with Gasteiger partial charge in [0.05, 0.1) is 5.69 Å². The Morgan fingerprint density at radius 1 is 1.10 bits per heavy atom. The van der Waals surface area contributed by atoms with Crippen molar-refractivity contribution in [3.05, 3.63) is 30.1 Å². The number of piperazine rings is 1. The summed E-state index contributed by atoms with van der Waals surface area (Å²) in [5.41, 5.74) is 7.07. The summed E-state index contributed by atoms with van der Waals surface area (Å²) in [5.74, 6) is -0.134. The van der Waals surface area contributed by atoms with Crippen LogP contribution in [-0.4, -0.2) is 43.2 Å². The van der Waals surface area contributed by atoms with Gasteiger partial charge in [0.25, 0.3) is 0 Å². The molecule has 2 rings (SSSR count). The highest BCUT2D eigenvalue weighted by atomic mass is 19.1. The molecule has 21 heavy (non-hydrogen) atoms. The third-order valence-electron chi connectivity index (χ3n) is 4.29. The van der Waals surface area contributed by atoms with Crippen LogP contribution in [0.5, 0.6) is 0 Å². The summed E-state index contributed by atoms with van der Waals surface area (Å²) in [6, 6.07) is 7.50. The van der Waals surface area contributed by atoms with Crippen molar-refractivity contribution in [1.29, 1.82) is 0 Å². The Labute approximate surface area is 127 Å². The number of hydrogen-bond acceptors (Lipinski definition) is 3. The molecular formula is C17H28FN3. The van der Waals surface area contributed by atoms with Crippen LogP contribution in [0.2, 0.25) is 0 Å². The molecule has 4 heteroatoms. The van der Waals surface area contributed by atoms with Crippen molar-refractivity contribution in [2.24, 2.45) is 11.1 Å². The first-order valence-electron chi connectivity index (χ1n) is 7.80. The van der Waals surface area contributed by atoms with E-state index in [1.165, 1.54) is 6.07 Å². The van der Waals surface area contributed by atoms with Crippen LogP contribution < -0.4 is 10.6 Å². The maximum Gasteiger partial charge on any atom is 0.146 e. The van der Waals surface area contributed by atoms with Gasteiger partial charge in [-0.1, -0.05) is 32.9 Å². The molecule has 1 saturated heterocycles. The van der Waals surface area contributed by atoms with Crippen molar-refractivity contribution < 1.29 is 4.39 Å². The summed E-state index contributed by atoms with van der Waals surface area (Å²) in [5, 5.41) is 0. The molecule has 1 heterocycles. The predicted molar refractivity (Wildman–Crippen MR) is 87.1 cm³/mol. The lowest BCUT2D eigenvalue weighted by Crippen LogP contribution is -2.59. The van der Waals surface area contributed by atoms with Crippen molar-refractivity contribution in [1.82, 2.24) is 4.90 Å². The summed E-state index contributed by atoms with van der Waals surface area (Å²) >= 11 is 0. The lowest BCUT2D eigenvalue weighted by Gasteiger charge is -2.46. The second-order valence-corrected chi connectivity index (χ2v) is 7.14. The van der Waals surface area contributed by atoms with E-state index >= 15 is 0 Å². The van der Waals surface area contributed by atoms with Gasteiger partial charge in [-0.15, -0.1) is 0 Å². The fourth-order valence-corrected chi connectivity index (χ4v) is 3.62. The number of anilines is 1. The monoisotopic (exact) mass is 293 g/mol. The topological polar surface area (TPSA) is 32.5 Å². The maximum atomic E-state index is 13.9. The third kappa shape index (κ3) is 3.74. The van der Waals surface area contributed by atoms with Crippen molar-refractivity contribution in [3.8, 4) is 0 Å². The molecule has 1 aromatic carbocycles. The van der Waals surface area contributed by atoms with E-state index in [0.717, 1.165) is 26.2 Å². The molecule has 2 N–H and O–H groups in total. The minimum atomic E-state index is -0.134. The molecule has 1 aromatic rings. The van der Waals surface area contributed by atoms with E-state index in [2.05, 4.69) is 37.5 Å². The van der Waals surface area contributed by atoms with Crippen LogP contribution in [0.1, 0.15) is 27.7 Å². The molecule has 1 fully saturated rings. The van der Waals surface area contributed by atoms with E-state index in [0.29, 0.717) is 11.7 Å². The molecule has 0 saturated carbocycles. The normalized spacial score (nSPS) is 20.4. The predicted octanol–water partition coefficient (Wildman–Crippen LogP) is 2.71. The molecule has 118 valence electrons. The number of halogens is 1. The van der Waals surface area contributed by atoms with E-state index in [-0.39, 0.29) is 17.3 Å². The smallest absolute Gasteiger partial charge is 0.146 e. The first kappa shape index (κ1) is 16.2. The molecule has 1 aliphatic heterocycles. The number of nitrogens with zero attached hydrogens (tertiary/aromatic N) is 2. The van der Waals surface area contributed by atoms with Crippen LogP contribution in [0.3, 0.4) is 0 Å². The molecule has 0 aliphatic carbocycles. The minimum Gasteiger partial charge on any atom is -0.367 e. The fourth-order valence-electron chi connectivity index (χ4n) is 3.62. The summed E-state index contributed by atoms with van der Waals surface area (Å²) in [6.07, 6.45) is 0. The second kappa shape index (κ2) is 6.32. The van der Waals surface area contributed by atoms with Gasteiger partial charge in [-0.3, -0.25) is 4.90 Å². The lowest BCUT2D eigenvalue weighted by molar-refractivity contribution is 0.0765. The fraction of sp³-hybridized carbons (Fsp3) is 0.647. The van der Waals surface area contributed by atoms with Gasteiger partial charge in [0.2, 0.25) is 0 Å². The standard InChI is InChI=1S/C17H28FN3/c1-13(19)16(17(2,3)4)21-11-9-20(10-12-21)15-8-6-5-7-14(15)18/h5-8,13,16H,9-12,19H2,1-4H3. The Morgan fingerprint density at radius 3 is 2.14 bits per heavy atom. The quantitative estimate of drug-likeness (QED) is 0.930.